The molecule has 0 bridgehead atoms. The van der Waals surface area contributed by atoms with Crippen LogP contribution in [0.5, 0.6) is 0 Å². The quantitative estimate of drug-likeness (QED) is 0.749. The lowest BCUT2D eigenvalue weighted by Gasteiger charge is -2.07. The number of likely N-dealkylation sites (N-methyl/N-ethyl adjacent to an activating group) is 1. The minimum absolute atomic E-state index is 0. The fourth-order valence-electron chi connectivity index (χ4n) is 1.83. The van der Waals surface area contributed by atoms with Crippen molar-refractivity contribution in [3.05, 3.63) is 36.4 Å². The van der Waals surface area contributed by atoms with Crippen molar-refractivity contribution in [1.29, 1.82) is 0 Å². The fraction of sp³-hybridized carbons (Fsp3) is 0.357. The van der Waals surface area contributed by atoms with Crippen molar-refractivity contribution in [2.75, 3.05) is 19.6 Å². The average molecular weight is 346 g/mol. The Labute approximate surface area is 136 Å². The highest BCUT2D eigenvalue weighted by Crippen LogP contribution is 2.20. The van der Waals surface area contributed by atoms with E-state index in [1.807, 2.05) is 6.92 Å². The van der Waals surface area contributed by atoms with E-state index in [4.69, 9.17) is 4.42 Å². The number of hydrogen-bond donors (Lipinski definition) is 2. The zero-order valence-corrected chi connectivity index (χ0v) is 14.1. The second-order valence-corrected chi connectivity index (χ2v) is 6.29. The molecule has 1 heterocycles. The maximum Gasteiger partial charge on any atom is 0.240 e. The third kappa shape index (κ3) is 4.81. The van der Waals surface area contributed by atoms with E-state index in [1.165, 1.54) is 0 Å². The second kappa shape index (κ2) is 8.28. The normalized spacial score (nSPS) is 11.2. The molecule has 8 heteroatoms. The summed E-state index contributed by atoms with van der Waals surface area (Å²) in [5.41, 5.74) is 1.51. The van der Waals surface area contributed by atoms with Crippen LogP contribution in [0.15, 0.2) is 39.8 Å². The highest BCUT2D eigenvalue weighted by Gasteiger charge is 2.13. The molecule has 0 aliphatic carbocycles. The molecule has 2 N–H and O–H groups in total. The Kier molecular flexibility index (Phi) is 7.02. The molecule has 0 amide bonds. The van der Waals surface area contributed by atoms with Gasteiger partial charge in [0.15, 0.2) is 5.89 Å². The summed E-state index contributed by atoms with van der Waals surface area (Å²) in [6, 6.07) is 6.57. The molecule has 1 aromatic carbocycles. The number of oxazole rings is 1. The standard InChI is InChI=1S/C14H19N3O3S.ClH/c1-3-15-8-9-16-21(18,19)13-6-4-12(5-7-13)14-10-20-11(2)17-14;/h4-7,10,15-16H,3,8-9H2,1-2H3;1H. The first-order chi connectivity index (χ1) is 10.0. The number of hydrogen-bond acceptors (Lipinski definition) is 5. The average Bonchev–Trinajstić information content (AvgIpc) is 2.90. The van der Waals surface area contributed by atoms with Crippen LogP contribution in [0.25, 0.3) is 11.3 Å². The summed E-state index contributed by atoms with van der Waals surface area (Å²) in [7, 11) is -3.47. The molecule has 22 heavy (non-hydrogen) atoms. The van der Waals surface area contributed by atoms with Gasteiger partial charge < -0.3 is 9.73 Å². The largest absolute Gasteiger partial charge is 0.449 e. The Hall–Kier alpha value is -1.41. The Balaban J connectivity index is 0.00000242. The number of aromatic nitrogens is 1. The number of halogens is 1. The second-order valence-electron chi connectivity index (χ2n) is 4.53. The molecule has 0 aliphatic rings. The SMILES string of the molecule is CCNCCNS(=O)(=O)c1ccc(-c2coc(C)n2)cc1.Cl. The smallest absolute Gasteiger partial charge is 0.240 e. The predicted molar refractivity (Wildman–Crippen MR) is 87.7 cm³/mol. The molecule has 0 fully saturated rings. The molecule has 6 nitrogen and oxygen atoms in total. The van der Waals surface area contributed by atoms with Gasteiger partial charge in [0.2, 0.25) is 10.0 Å². The minimum atomic E-state index is -3.47. The van der Waals surface area contributed by atoms with Gasteiger partial charge in [0.25, 0.3) is 0 Å². The van der Waals surface area contributed by atoms with Gasteiger partial charge in [0, 0.05) is 25.6 Å². The molecule has 0 saturated heterocycles. The molecule has 0 saturated carbocycles. The minimum Gasteiger partial charge on any atom is -0.449 e. The lowest BCUT2D eigenvalue weighted by atomic mass is 10.2. The highest BCUT2D eigenvalue weighted by atomic mass is 35.5. The van der Waals surface area contributed by atoms with Crippen molar-refractivity contribution in [2.24, 2.45) is 0 Å². The van der Waals surface area contributed by atoms with Crippen LogP contribution in [0.1, 0.15) is 12.8 Å². The number of benzene rings is 1. The van der Waals surface area contributed by atoms with E-state index in [9.17, 15) is 8.42 Å². The Morgan fingerprint density at radius 2 is 1.86 bits per heavy atom. The van der Waals surface area contributed by atoms with Gasteiger partial charge in [0.05, 0.1) is 4.90 Å². The van der Waals surface area contributed by atoms with Gasteiger partial charge in [-0.1, -0.05) is 19.1 Å². The zero-order valence-electron chi connectivity index (χ0n) is 12.5. The number of nitrogens with zero attached hydrogens (tertiary/aromatic N) is 1. The van der Waals surface area contributed by atoms with Crippen LogP contribution in [-0.4, -0.2) is 33.0 Å². The lowest BCUT2D eigenvalue weighted by molar-refractivity contribution is 0.521. The van der Waals surface area contributed by atoms with Crippen molar-refractivity contribution in [3.63, 3.8) is 0 Å². The molecular weight excluding hydrogens is 326 g/mol. The van der Waals surface area contributed by atoms with E-state index in [-0.39, 0.29) is 17.3 Å². The maximum atomic E-state index is 12.1. The molecule has 122 valence electrons. The Bertz CT molecular complexity index is 684. The first-order valence-electron chi connectivity index (χ1n) is 6.76. The molecule has 2 rings (SSSR count). The summed E-state index contributed by atoms with van der Waals surface area (Å²) in [5, 5.41) is 3.06. The van der Waals surface area contributed by atoms with E-state index >= 15 is 0 Å². The van der Waals surface area contributed by atoms with Crippen molar-refractivity contribution >= 4 is 22.4 Å². The van der Waals surface area contributed by atoms with Crippen molar-refractivity contribution in [3.8, 4) is 11.3 Å². The lowest BCUT2D eigenvalue weighted by Crippen LogP contribution is -2.31. The maximum absolute atomic E-state index is 12.1. The molecular formula is C14H20ClN3O3S. The van der Waals surface area contributed by atoms with Gasteiger partial charge in [-0.25, -0.2) is 18.1 Å². The number of aryl methyl sites for hydroxylation is 1. The van der Waals surface area contributed by atoms with Crippen LogP contribution in [0.4, 0.5) is 0 Å². The van der Waals surface area contributed by atoms with Crippen LogP contribution in [0.3, 0.4) is 0 Å². The van der Waals surface area contributed by atoms with Gasteiger partial charge in [-0.15, -0.1) is 12.4 Å². The predicted octanol–water partition coefficient (Wildman–Crippen LogP) is 1.96. The molecule has 0 spiro atoms. The van der Waals surface area contributed by atoms with Gasteiger partial charge in [-0.05, 0) is 18.7 Å². The molecule has 1 aromatic heterocycles. The summed E-state index contributed by atoms with van der Waals surface area (Å²) >= 11 is 0. The van der Waals surface area contributed by atoms with Crippen LogP contribution in [-0.2, 0) is 10.0 Å². The molecule has 0 atom stereocenters. The summed E-state index contributed by atoms with van der Waals surface area (Å²) in [6.45, 7) is 5.51. The van der Waals surface area contributed by atoms with E-state index < -0.39 is 10.0 Å². The van der Waals surface area contributed by atoms with E-state index in [2.05, 4.69) is 15.0 Å². The summed E-state index contributed by atoms with van der Waals surface area (Å²) in [5.74, 6) is 0.576. The highest BCUT2D eigenvalue weighted by molar-refractivity contribution is 7.89. The molecule has 0 aliphatic heterocycles. The van der Waals surface area contributed by atoms with Crippen LogP contribution < -0.4 is 10.0 Å². The van der Waals surface area contributed by atoms with E-state index in [1.54, 1.807) is 37.5 Å². The summed E-state index contributed by atoms with van der Waals surface area (Å²) in [4.78, 5) is 4.44. The fourth-order valence-corrected chi connectivity index (χ4v) is 2.87. The third-order valence-corrected chi connectivity index (χ3v) is 4.40. The van der Waals surface area contributed by atoms with Crippen molar-refractivity contribution < 1.29 is 12.8 Å². The van der Waals surface area contributed by atoms with Gasteiger partial charge in [-0.3, -0.25) is 0 Å². The first-order valence-corrected chi connectivity index (χ1v) is 8.24. The monoisotopic (exact) mass is 345 g/mol. The van der Waals surface area contributed by atoms with Crippen LogP contribution >= 0.6 is 12.4 Å². The Morgan fingerprint density at radius 3 is 2.41 bits per heavy atom. The van der Waals surface area contributed by atoms with Gasteiger partial charge in [-0.2, -0.15) is 0 Å². The van der Waals surface area contributed by atoms with Crippen molar-refractivity contribution in [1.82, 2.24) is 15.0 Å². The number of rotatable bonds is 7. The zero-order chi connectivity index (χ0) is 15.3. The molecule has 2 aromatic rings. The molecule has 0 radical (unpaired) electrons. The van der Waals surface area contributed by atoms with E-state index in [0.29, 0.717) is 24.7 Å². The van der Waals surface area contributed by atoms with Crippen molar-refractivity contribution in [2.45, 2.75) is 18.7 Å². The van der Waals surface area contributed by atoms with Gasteiger partial charge >= 0.3 is 0 Å². The van der Waals surface area contributed by atoms with Crippen LogP contribution in [0, 0.1) is 6.92 Å². The molecule has 0 unspecified atom stereocenters. The first kappa shape index (κ1) is 18.6. The summed E-state index contributed by atoms with van der Waals surface area (Å²) < 4.78 is 31.8. The summed E-state index contributed by atoms with van der Waals surface area (Å²) in [6.07, 6.45) is 1.55. The van der Waals surface area contributed by atoms with E-state index in [0.717, 1.165) is 12.1 Å². The Morgan fingerprint density at radius 1 is 1.18 bits per heavy atom. The third-order valence-electron chi connectivity index (χ3n) is 2.92. The number of nitrogens with one attached hydrogen (secondary N) is 2. The van der Waals surface area contributed by atoms with Crippen LogP contribution in [0.2, 0.25) is 0 Å². The van der Waals surface area contributed by atoms with Gasteiger partial charge in [0.1, 0.15) is 12.0 Å². The number of sulfonamides is 1. The topological polar surface area (TPSA) is 84.2 Å².